The van der Waals surface area contributed by atoms with Gasteiger partial charge in [0.15, 0.2) is 11.0 Å². The normalized spacial score (nSPS) is 10.9. The first-order valence-corrected chi connectivity index (χ1v) is 10.2. The molecule has 0 atom stereocenters. The molecule has 8 heteroatoms. The number of hydrogen-bond acceptors (Lipinski definition) is 6. The molecule has 0 bridgehead atoms. The molecular weight excluding hydrogens is 405 g/mol. The number of carbonyl (C=O) groups excluding carboxylic acids is 1. The number of aromatic nitrogens is 3. The summed E-state index contributed by atoms with van der Waals surface area (Å²) >= 11 is 1.39. The van der Waals surface area contributed by atoms with E-state index >= 15 is 0 Å². The maximum absolute atomic E-state index is 14.4. The van der Waals surface area contributed by atoms with Crippen LogP contribution in [-0.4, -0.2) is 27.8 Å². The van der Waals surface area contributed by atoms with Gasteiger partial charge < -0.3 is 9.15 Å². The molecule has 0 amide bonds. The Labute approximate surface area is 176 Å². The highest BCUT2D eigenvalue weighted by Gasteiger charge is 2.20. The molecule has 30 heavy (non-hydrogen) atoms. The van der Waals surface area contributed by atoms with Crippen molar-refractivity contribution in [3.05, 3.63) is 89.6 Å². The number of thioether (sulfide) groups is 1. The predicted molar refractivity (Wildman–Crippen MR) is 111 cm³/mol. The molecule has 4 rings (SSSR count). The van der Waals surface area contributed by atoms with Gasteiger partial charge in [-0.2, -0.15) is 0 Å². The second-order valence-corrected chi connectivity index (χ2v) is 7.36. The molecule has 0 aliphatic carbocycles. The highest BCUT2D eigenvalue weighted by Crippen LogP contribution is 2.29. The van der Waals surface area contributed by atoms with Gasteiger partial charge in [0.2, 0.25) is 5.76 Å². The molecular formula is C22H18FN3O3S. The van der Waals surface area contributed by atoms with Crippen LogP contribution >= 0.6 is 11.8 Å². The first-order chi connectivity index (χ1) is 14.7. The largest absolute Gasteiger partial charge is 0.463 e. The molecule has 0 aliphatic rings. The molecule has 0 saturated heterocycles. The van der Waals surface area contributed by atoms with Crippen molar-refractivity contribution in [2.45, 2.75) is 17.5 Å². The van der Waals surface area contributed by atoms with Gasteiger partial charge in [0.05, 0.1) is 25.5 Å². The zero-order valence-electron chi connectivity index (χ0n) is 16.1. The van der Waals surface area contributed by atoms with Crippen LogP contribution in [0.5, 0.6) is 0 Å². The zero-order chi connectivity index (χ0) is 20.9. The fourth-order valence-electron chi connectivity index (χ4n) is 3.01. The fourth-order valence-corrected chi connectivity index (χ4v) is 3.93. The Kier molecular flexibility index (Phi) is 5.94. The topological polar surface area (TPSA) is 70.2 Å². The zero-order valence-corrected chi connectivity index (χ0v) is 16.9. The minimum Gasteiger partial charge on any atom is -0.463 e. The molecule has 0 spiro atoms. The van der Waals surface area contributed by atoms with Crippen LogP contribution in [0.4, 0.5) is 4.39 Å². The molecule has 0 unspecified atom stereocenters. The number of benzene rings is 2. The van der Waals surface area contributed by atoms with Gasteiger partial charge in [-0.05, 0) is 23.8 Å². The van der Waals surface area contributed by atoms with Gasteiger partial charge in [0.25, 0.3) is 0 Å². The van der Waals surface area contributed by atoms with Crippen LogP contribution in [0.3, 0.4) is 0 Å². The third kappa shape index (κ3) is 4.13. The summed E-state index contributed by atoms with van der Waals surface area (Å²) in [5.74, 6) is 0.130. The average Bonchev–Trinajstić information content (AvgIpc) is 3.40. The first-order valence-electron chi connectivity index (χ1n) is 9.17. The lowest BCUT2D eigenvalue weighted by molar-refractivity contribution is 0.0564. The summed E-state index contributed by atoms with van der Waals surface area (Å²) in [6.45, 7) is 0.481. The smallest absolute Gasteiger partial charge is 0.374 e. The summed E-state index contributed by atoms with van der Waals surface area (Å²) in [5.41, 5.74) is 2.11. The number of carbonyl (C=O) groups is 1. The molecule has 0 aliphatic heterocycles. The van der Waals surface area contributed by atoms with Gasteiger partial charge in [-0.3, -0.25) is 4.57 Å². The Bertz CT molecular complexity index is 1160. The summed E-state index contributed by atoms with van der Waals surface area (Å²) < 4.78 is 26.3. The molecule has 0 N–H and O–H groups in total. The lowest BCUT2D eigenvalue weighted by Crippen LogP contribution is -2.05. The number of methoxy groups -OCH3 is 1. The molecule has 2 aromatic carbocycles. The van der Waals surface area contributed by atoms with Crippen molar-refractivity contribution in [1.29, 1.82) is 0 Å². The molecule has 6 nitrogen and oxygen atoms in total. The van der Waals surface area contributed by atoms with Crippen molar-refractivity contribution in [1.82, 2.24) is 14.8 Å². The first kappa shape index (κ1) is 19.9. The summed E-state index contributed by atoms with van der Waals surface area (Å²) in [7, 11) is 1.30. The van der Waals surface area contributed by atoms with E-state index < -0.39 is 5.97 Å². The minimum atomic E-state index is -0.534. The third-order valence-corrected chi connectivity index (χ3v) is 5.51. The molecule has 2 heterocycles. The summed E-state index contributed by atoms with van der Waals surface area (Å²) in [4.78, 5) is 11.8. The van der Waals surface area contributed by atoms with Gasteiger partial charge in [0, 0.05) is 11.3 Å². The van der Waals surface area contributed by atoms with Crippen LogP contribution in [0.25, 0.3) is 11.4 Å². The Morgan fingerprint density at radius 3 is 2.63 bits per heavy atom. The number of esters is 1. The number of furan rings is 1. The van der Waals surface area contributed by atoms with E-state index in [0.717, 1.165) is 5.56 Å². The third-order valence-electron chi connectivity index (χ3n) is 4.49. The van der Waals surface area contributed by atoms with Crippen LogP contribution in [0.15, 0.2) is 76.5 Å². The van der Waals surface area contributed by atoms with Gasteiger partial charge in [-0.25, -0.2) is 9.18 Å². The van der Waals surface area contributed by atoms with Crippen LogP contribution < -0.4 is 0 Å². The van der Waals surface area contributed by atoms with Crippen LogP contribution in [0.1, 0.15) is 21.7 Å². The quantitative estimate of drug-likeness (QED) is 0.314. The van der Waals surface area contributed by atoms with Gasteiger partial charge in [-0.1, -0.05) is 54.2 Å². The Hall–Kier alpha value is -3.39. The van der Waals surface area contributed by atoms with E-state index in [1.54, 1.807) is 24.3 Å². The SMILES string of the molecule is COC(=O)c1occc1CSc1nnc(-c2ccccc2F)n1Cc1ccccc1. The summed E-state index contributed by atoms with van der Waals surface area (Å²) in [5, 5.41) is 9.15. The van der Waals surface area contributed by atoms with E-state index in [1.807, 2.05) is 34.9 Å². The maximum Gasteiger partial charge on any atom is 0.374 e. The van der Waals surface area contributed by atoms with Crippen molar-refractivity contribution < 1.29 is 18.3 Å². The predicted octanol–water partition coefficient (Wildman–Crippen LogP) is 4.80. The molecule has 0 radical (unpaired) electrons. The van der Waals surface area contributed by atoms with Crippen molar-refractivity contribution in [2.75, 3.05) is 7.11 Å². The van der Waals surface area contributed by atoms with Gasteiger partial charge >= 0.3 is 5.97 Å². The van der Waals surface area contributed by atoms with Crippen LogP contribution in [0, 0.1) is 5.82 Å². The molecule has 0 fully saturated rings. The summed E-state index contributed by atoms with van der Waals surface area (Å²) in [6, 6.07) is 18.0. The van der Waals surface area contributed by atoms with E-state index in [2.05, 4.69) is 10.2 Å². The second-order valence-electron chi connectivity index (χ2n) is 6.41. The van der Waals surface area contributed by atoms with Gasteiger partial charge in [-0.15, -0.1) is 10.2 Å². The van der Waals surface area contributed by atoms with Crippen molar-refractivity contribution in [3.63, 3.8) is 0 Å². The Balaban J connectivity index is 1.67. The highest BCUT2D eigenvalue weighted by atomic mass is 32.2. The minimum absolute atomic E-state index is 0.161. The van der Waals surface area contributed by atoms with E-state index in [4.69, 9.17) is 9.15 Å². The molecule has 0 saturated carbocycles. The molecule has 4 aromatic rings. The van der Waals surface area contributed by atoms with E-state index in [0.29, 0.717) is 34.4 Å². The van der Waals surface area contributed by atoms with E-state index in [9.17, 15) is 9.18 Å². The molecule has 152 valence electrons. The van der Waals surface area contributed by atoms with E-state index in [1.165, 1.54) is 31.2 Å². The van der Waals surface area contributed by atoms with E-state index in [-0.39, 0.29) is 11.6 Å². The van der Waals surface area contributed by atoms with Crippen LogP contribution in [0.2, 0.25) is 0 Å². The average molecular weight is 423 g/mol. The summed E-state index contributed by atoms with van der Waals surface area (Å²) in [6.07, 6.45) is 1.45. The van der Waals surface area contributed by atoms with Crippen molar-refractivity contribution >= 4 is 17.7 Å². The van der Waals surface area contributed by atoms with Crippen molar-refractivity contribution in [2.24, 2.45) is 0 Å². The van der Waals surface area contributed by atoms with Gasteiger partial charge in [0.1, 0.15) is 5.82 Å². The van der Waals surface area contributed by atoms with Crippen LogP contribution in [-0.2, 0) is 17.0 Å². The monoisotopic (exact) mass is 423 g/mol. The maximum atomic E-state index is 14.4. The Morgan fingerprint density at radius 1 is 1.10 bits per heavy atom. The number of rotatable bonds is 7. The van der Waals surface area contributed by atoms with Crippen molar-refractivity contribution in [3.8, 4) is 11.4 Å². The number of nitrogens with zero attached hydrogens (tertiary/aromatic N) is 3. The number of hydrogen-bond donors (Lipinski definition) is 0. The standard InChI is InChI=1S/C22H18FN3O3S/c1-28-21(27)19-16(11-12-29-19)14-30-22-25-24-20(17-9-5-6-10-18(17)23)26(22)13-15-7-3-2-4-8-15/h2-12H,13-14H2,1H3. The highest BCUT2D eigenvalue weighted by molar-refractivity contribution is 7.98. The lowest BCUT2D eigenvalue weighted by Gasteiger charge is -2.11. The number of halogens is 1. The lowest BCUT2D eigenvalue weighted by atomic mass is 10.2. The fraction of sp³-hybridized carbons (Fsp3) is 0.136. The second kappa shape index (κ2) is 8.96. The Morgan fingerprint density at radius 2 is 1.87 bits per heavy atom. The number of ether oxygens (including phenoxy) is 1. The molecule has 2 aromatic heterocycles.